The van der Waals surface area contributed by atoms with Gasteiger partial charge in [-0.1, -0.05) is 24.3 Å². The Morgan fingerprint density at radius 1 is 0.815 bits per heavy atom. The Bertz CT molecular complexity index is 1070. The van der Waals surface area contributed by atoms with Crippen LogP contribution in [0.1, 0.15) is 0 Å². The average molecular weight is 360 g/mol. The summed E-state index contributed by atoms with van der Waals surface area (Å²) in [6.45, 7) is 0. The number of phenols is 1. The van der Waals surface area contributed by atoms with Crippen LogP contribution in [0.4, 0.5) is 11.4 Å². The number of phenolic OH excluding ortho intramolecular Hbond substituents is 1. The van der Waals surface area contributed by atoms with E-state index in [1.165, 1.54) is 16.5 Å². The van der Waals surface area contributed by atoms with Crippen molar-refractivity contribution in [3.05, 3.63) is 72.8 Å². The predicted octanol–water partition coefficient (Wildman–Crippen LogP) is 5.04. The molecule has 27 heavy (non-hydrogen) atoms. The van der Waals surface area contributed by atoms with Crippen molar-refractivity contribution < 1.29 is 9.84 Å². The van der Waals surface area contributed by atoms with E-state index in [9.17, 15) is 5.11 Å². The molecular formula is C23H24N2O2. The Morgan fingerprint density at radius 3 is 2.19 bits per heavy atom. The van der Waals surface area contributed by atoms with Gasteiger partial charge >= 0.3 is 0 Å². The highest BCUT2D eigenvalue weighted by atomic mass is 16.5. The summed E-state index contributed by atoms with van der Waals surface area (Å²) in [4.78, 5) is 2.12. The van der Waals surface area contributed by atoms with Crippen LogP contribution in [0, 0.1) is 0 Å². The third-order valence-corrected chi connectivity index (χ3v) is 4.44. The third kappa shape index (κ3) is 4.06. The maximum Gasteiger partial charge on any atom is 0.119 e. The minimum absolute atomic E-state index is 0.271. The Balaban J connectivity index is 0.000000159. The van der Waals surface area contributed by atoms with Gasteiger partial charge in [0.25, 0.3) is 0 Å². The molecule has 0 radical (unpaired) electrons. The maximum absolute atomic E-state index is 9.18. The Morgan fingerprint density at radius 2 is 1.48 bits per heavy atom. The average Bonchev–Trinajstić information content (AvgIpc) is 2.67. The van der Waals surface area contributed by atoms with Gasteiger partial charge in [0.1, 0.15) is 11.5 Å². The number of rotatable bonds is 2. The SMILES string of the molecule is COc1ccc2c(N(C)C)cccc2c1.Nc1cccc2cc(O)ccc12. The first-order valence-corrected chi connectivity index (χ1v) is 8.71. The Labute approximate surface area is 159 Å². The number of anilines is 2. The number of hydrogen-bond donors (Lipinski definition) is 2. The molecule has 0 fully saturated rings. The second-order valence-electron chi connectivity index (χ2n) is 6.51. The quantitative estimate of drug-likeness (QED) is 0.492. The highest BCUT2D eigenvalue weighted by Crippen LogP contribution is 2.28. The van der Waals surface area contributed by atoms with E-state index >= 15 is 0 Å². The lowest BCUT2D eigenvalue weighted by Crippen LogP contribution is -2.08. The molecule has 4 aromatic rings. The normalized spacial score (nSPS) is 10.3. The molecule has 138 valence electrons. The molecular weight excluding hydrogens is 336 g/mol. The molecule has 0 heterocycles. The Kier molecular flexibility index (Phi) is 5.36. The molecule has 0 aliphatic rings. The number of hydrogen-bond acceptors (Lipinski definition) is 4. The van der Waals surface area contributed by atoms with Crippen molar-refractivity contribution in [2.75, 3.05) is 31.8 Å². The van der Waals surface area contributed by atoms with Crippen LogP contribution in [0.25, 0.3) is 21.5 Å². The van der Waals surface area contributed by atoms with Crippen LogP contribution in [-0.2, 0) is 0 Å². The first-order chi connectivity index (χ1) is 13.0. The number of methoxy groups -OCH3 is 1. The van der Waals surface area contributed by atoms with Gasteiger partial charge in [-0.05, 0) is 59.3 Å². The summed E-state index contributed by atoms with van der Waals surface area (Å²) in [6, 6.07) is 23.2. The summed E-state index contributed by atoms with van der Waals surface area (Å²) in [5.74, 6) is 1.17. The molecule has 0 spiro atoms. The molecule has 0 aliphatic carbocycles. The van der Waals surface area contributed by atoms with E-state index in [1.54, 1.807) is 19.2 Å². The molecule has 0 unspecified atom stereocenters. The van der Waals surface area contributed by atoms with Gasteiger partial charge in [-0.2, -0.15) is 0 Å². The molecule has 0 saturated carbocycles. The zero-order chi connectivity index (χ0) is 19.4. The van der Waals surface area contributed by atoms with Gasteiger partial charge < -0.3 is 20.5 Å². The van der Waals surface area contributed by atoms with Crippen LogP contribution in [0.2, 0.25) is 0 Å². The van der Waals surface area contributed by atoms with Crippen molar-refractivity contribution in [1.82, 2.24) is 0 Å². The standard InChI is InChI=1S/C13H15NO.C10H9NO/c1-14(2)13-6-4-5-10-9-11(15-3)7-8-12(10)13;11-10-3-1-2-7-6-8(12)4-5-9(7)10/h4-9H,1-3H3;1-6,12H,11H2. The number of benzene rings is 4. The van der Waals surface area contributed by atoms with Crippen LogP contribution in [0.5, 0.6) is 11.5 Å². The fourth-order valence-corrected chi connectivity index (χ4v) is 3.06. The van der Waals surface area contributed by atoms with Crippen molar-refractivity contribution in [3.63, 3.8) is 0 Å². The van der Waals surface area contributed by atoms with Crippen LogP contribution in [-0.4, -0.2) is 26.3 Å². The lowest BCUT2D eigenvalue weighted by molar-refractivity contribution is 0.415. The topological polar surface area (TPSA) is 58.7 Å². The zero-order valence-corrected chi connectivity index (χ0v) is 15.8. The second-order valence-corrected chi connectivity index (χ2v) is 6.51. The highest BCUT2D eigenvalue weighted by molar-refractivity contribution is 5.95. The number of nitrogen functional groups attached to an aromatic ring is 1. The van der Waals surface area contributed by atoms with E-state index in [0.29, 0.717) is 0 Å². The van der Waals surface area contributed by atoms with Gasteiger partial charge in [0, 0.05) is 36.2 Å². The molecule has 3 N–H and O–H groups in total. The van der Waals surface area contributed by atoms with Crippen molar-refractivity contribution >= 4 is 32.9 Å². The third-order valence-electron chi connectivity index (χ3n) is 4.44. The molecule has 0 bridgehead atoms. The lowest BCUT2D eigenvalue weighted by Gasteiger charge is -2.15. The van der Waals surface area contributed by atoms with Gasteiger partial charge in [0.15, 0.2) is 0 Å². The number of aromatic hydroxyl groups is 1. The first kappa shape index (κ1) is 18.4. The molecule has 4 aromatic carbocycles. The van der Waals surface area contributed by atoms with Gasteiger partial charge in [-0.3, -0.25) is 0 Å². The minimum atomic E-state index is 0.271. The molecule has 4 nitrogen and oxygen atoms in total. The number of ether oxygens (including phenoxy) is 1. The van der Waals surface area contributed by atoms with Crippen molar-refractivity contribution in [2.45, 2.75) is 0 Å². The zero-order valence-electron chi connectivity index (χ0n) is 15.8. The van der Waals surface area contributed by atoms with E-state index in [4.69, 9.17) is 10.5 Å². The smallest absolute Gasteiger partial charge is 0.119 e. The first-order valence-electron chi connectivity index (χ1n) is 8.71. The van der Waals surface area contributed by atoms with Crippen LogP contribution in [0.3, 0.4) is 0 Å². The highest BCUT2D eigenvalue weighted by Gasteiger charge is 2.03. The molecule has 4 rings (SSSR count). The van der Waals surface area contributed by atoms with Gasteiger partial charge in [-0.25, -0.2) is 0 Å². The summed E-state index contributed by atoms with van der Waals surface area (Å²) in [6.07, 6.45) is 0. The van der Waals surface area contributed by atoms with Gasteiger partial charge in [0.2, 0.25) is 0 Å². The largest absolute Gasteiger partial charge is 0.508 e. The molecule has 0 saturated heterocycles. The summed E-state index contributed by atoms with van der Waals surface area (Å²) in [5.41, 5.74) is 7.70. The van der Waals surface area contributed by atoms with Gasteiger partial charge in [0.05, 0.1) is 7.11 Å². The van der Waals surface area contributed by atoms with Crippen LogP contribution in [0.15, 0.2) is 72.8 Å². The van der Waals surface area contributed by atoms with E-state index in [-0.39, 0.29) is 5.75 Å². The fourth-order valence-electron chi connectivity index (χ4n) is 3.06. The van der Waals surface area contributed by atoms with Crippen LogP contribution < -0.4 is 15.4 Å². The van der Waals surface area contributed by atoms with E-state index in [2.05, 4.69) is 49.3 Å². The summed E-state index contributed by atoms with van der Waals surface area (Å²) in [5, 5.41) is 13.6. The van der Waals surface area contributed by atoms with E-state index in [1.807, 2.05) is 30.3 Å². The molecule has 4 heteroatoms. The monoisotopic (exact) mass is 360 g/mol. The molecule has 0 amide bonds. The number of nitrogens with zero attached hydrogens (tertiary/aromatic N) is 1. The van der Waals surface area contributed by atoms with Crippen LogP contribution >= 0.6 is 0 Å². The minimum Gasteiger partial charge on any atom is -0.508 e. The maximum atomic E-state index is 9.18. The van der Waals surface area contributed by atoms with E-state index in [0.717, 1.165) is 22.2 Å². The van der Waals surface area contributed by atoms with Crippen molar-refractivity contribution in [3.8, 4) is 11.5 Å². The Hall–Kier alpha value is -3.40. The van der Waals surface area contributed by atoms with Crippen molar-refractivity contribution in [2.24, 2.45) is 0 Å². The predicted molar refractivity (Wildman–Crippen MR) is 115 cm³/mol. The number of fused-ring (bicyclic) bond motifs is 2. The van der Waals surface area contributed by atoms with E-state index < -0.39 is 0 Å². The number of nitrogens with two attached hydrogens (primary N) is 1. The summed E-state index contributed by atoms with van der Waals surface area (Å²) >= 11 is 0. The molecule has 0 atom stereocenters. The summed E-state index contributed by atoms with van der Waals surface area (Å²) < 4.78 is 5.21. The summed E-state index contributed by atoms with van der Waals surface area (Å²) in [7, 11) is 5.80. The molecule has 0 aliphatic heterocycles. The molecule has 0 aromatic heterocycles. The van der Waals surface area contributed by atoms with Gasteiger partial charge in [-0.15, -0.1) is 0 Å². The fraction of sp³-hybridized carbons (Fsp3) is 0.130. The lowest BCUT2D eigenvalue weighted by atomic mass is 10.1. The van der Waals surface area contributed by atoms with Crippen molar-refractivity contribution in [1.29, 1.82) is 0 Å². The second kappa shape index (κ2) is 7.87.